The van der Waals surface area contributed by atoms with Gasteiger partial charge in [0, 0.05) is 63.2 Å². The van der Waals surface area contributed by atoms with Gasteiger partial charge in [0.05, 0.1) is 4.90 Å². The Morgan fingerprint density at radius 1 is 1.06 bits per heavy atom. The summed E-state index contributed by atoms with van der Waals surface area (Å²) in [4.78, 5) is 29.6. The van der Waals surface area contributed by atoms with Crippen LogP contribution in [0.15, 0.2) is 46.7 Å². The lowest BCUT2D eigenvalue weighted by atomic mass is 10.2. The summed E-state index contributed by atoms with van der Waals surface area (Å²) >= 11 is 1.75. The Hall–Kier alpha value is -2.07. The van der Waals surface area contributed by atoms with Gasteiger partial charge in [0.25, 0.3) is 0 Å². The van der Waals surface area contributed by atoms with Crippen LogP contribution < -0.4 is 0 Å². The lowest BCUT2D eigenvalue weighted by molar-refractivity contribution is -0.133. The van der Waals surface area contributed by atoms with Gasteiger partial charge in [0.1, 0.15) is 0 Å². The Balaban J connectivity index is 1.42. The van der Waals surface area contributed by atoms with Crippen molar-refractivity contribution in [2.45, 2.75) is 31.2 Å². The Labute approximate surface area is 188 Å². The maximum absolute atomic E-state index is 12.7. The van der Waals surface area contributed by atoms with E-state index >= 15 is 0 Å². The van der Waals surface area contributed by atoms with E-state index in [1.807, 2.05) is 4.90 Å². The minimum Gasteiger partial charge on any atom is -0.340 e. The summed E-state index contributed by atoms with van der Waals surface area (Å²) in [6.07, 6.45) is 0.795. The molecule has 1 aliphatic rings. The second-order valence-electron chi connectivity index (χ2n) is 7.75. The van der Waals surface area contributed by atoms with Crippen LogP contribution in [0.4, 0.5) is 0 Å². The number of ketones is 1. The maximum Gasteiger partial charge on any atom is 0.242 e. The molecule has 9 heteroatoms. The lowest BCUT2D eigenvalue weighted by Gasteiger charge is -2.34. The molecule has 1 amide bonds. The predicted molar refractivity (Wildman–Crippen MR) is 122 cm³/mol. The van der Waals surface area contributed by atoms with E-state index in [4.69, 9.17) is 0 Å². The number of nitrogens with zero attached hydrogens (tertiary/aromatic N) is 3. The van der Waals surface area contributed by atoms with Crippen LogP contribution in [-0.2, 0) is 21.4 Å². The van der Waals surface area contributed by atoms with Crippen molar-refractivity contribution in [3.8, 4) is 0 Å². The van der Waals surface area contributed by atoms with Crippen molar-refractivity contribution in [2.24, 2.45) is 0 Å². The van der Waals surface area contributed by atoms with Crippen molar-refractivity contribution in [1.29, 1.82) is 0 Å². The third kappa shape index (κ3) is 6.22. The summed E-state index contributed by atoms with van der Waals surface area (Å²) in [7, 11) is -2.13. The molecule has 3 rings (SSSR count). The minimum absolute atomic E-state index is 0.0763. The van der Waals surface area contributed by atoms with E-state index in [9.17, 15) is 18.0 Å². The molecular formula is C22H29N3O4S2. The summed E-state index contributed by atoms with van der Waals surface area (Å²) in [5.74, 6) is -0.0319. The predicted octanol–water partition coefficient (Wildman–Crippen LogP) is 2.70. The molecular weight excluding hydrogens is 434 g/mol. The van der Waals surface area contributed by atoms with Gasteiger partial charge < -0.3 is 4.90 Å². The molecule has 1 aromatic heterocycles. The van der Waals surface area contributed by atoms with E-state index in [0.29, 0.717) is 31.5 Å². The first kappa shape index (κ1) is 23.6. The number of thiophene rings is 1. The normalized spacial score (nSPS) is 15.4. The number of amides is 1. The molecule has 0 atom stereocenters. The first-order valence-corrected chi connectivity index (χ1v) is 12.7. The number of hydrogen-bond acceptors (Lipinski definition) is 6. The SMILES string of the molecule is CC(=O)c1ccc(S(=O)(=O)N(C)CCCC(=O)N2CCN(Cc3cccs3)CC2)cc1. The number of sulfonamides is 1. The highest BCUT2D eigenvalue weighted by Crippen LogP contribution is 2.17. The highest BCUT2D eigenvalue weighted by atomic mass is 32.2. The van der Waals surface area contributed by atoms with Crippen LogP contribution in [0.2, 0.25) is 0 Å². The van der Waals surface area contributed by atoms with Crippen LogP contribution in [-0.4, -0.2) is 74.0 Å². The number of hydrogen-bond donors (Lipinski definition) is 0. The van der Waals surface area contributed by atoms with E-state index in [-0.39, 0.29) is 23.1 Å². The fraction of sp³-hybridized carbons (Fsp3) is 0.455. The first-order chi connectivity index (χ1) is 14.8. The van der Waals surface area contributed by atoms with E-state index in [2.05, 4.69) is 22.4 Å². The van der Waals surface area contributed by atoms with E-state index < -0.39 is 10.0 Å². The summed E-state index contributed by atoms with van der Waals surface area (Å²) in [5, 5.41) is 2.08. The summed E-state index contributed by atoms with van der Waals surface area (Å²) in [6.45, 7) is 5.76. The molecule has 0 aliphatic carbocycles. The Morgan fingerprint density at radius 3 is 2.32 bits per heavy atom. The molecule has 7 nitrogen and oxygen atoms in total. The molecule has 168 valence electrons. The maximum atomic E-state index is 12.7. The average molecular weight is 464 g/mol. The van der Waals surface area contributed by atoms with Crippen LogP contribution in [0.5, 0.6) is 0 Å². The zero-order valence-corrected chi connectivity index (χ0v) is 19.6. The second kappa shape index (κ2) is 10.5. The van der Waals surface area contributed by atoms with E-state index in [1.165, 1.54) is 47.4 Å². The number of carbonyl (C=O) groups is 2. The van der Waals surface area contributed by atoms with Gasteiger partial charge in [-0.25, -0.2) is 12.7 Å². The molecule has 0 spiro atoms. The molecule has 2 heterocycles. The second-order valence-corrected chi connectivity index (χ2v) is 10.8. The van der Waals surface area contributed by atoms with E-state index in [1.54, 1.807) is 11.3 Å². The number of rotatable bonds is 9. The number of piperazine rings is 1. The molecule has 1 saturated heterocycles. The Bertz CT molecular complexity index is 980. The van der Waals surface area contributed by atoms with Gasteiger partial charge in [-0.3, -0.25) is 14.5 Å². The van der Waals surface area contributed by atoms with Gasteiger partial charge in [0.2, 0.25) is 15.9 Å². The van der Waals surface area contributed by atoms with Crippen molar-refractivity contribution in [2.75, 3.05) is 39.8 Å². The molecule has 0 radical (unpaired) electrons. The fourth-order valence-corrected chi connectivity index (χ4v) is 5.51. The van der Waals surface area contributed by atoms with E-state index in [0.717, 1.165) is 19.6 Å². The number of benzene rings is 1. The molecule has 31 heavy (non-hydrogen) atoms. The number of Topliss-reactive ketones (excluding diaryl/α,β-unsaturated/α-hetero) is 1. The number of carbonyl (C=O) groups excluding carboxylic acids is 2. The first-order valence-electron chi connectivity index (χ1n) is 10.4. The van der Waals surface area contributed by atoms with Gasteiger partial charge in [-0.15, -0.1) is 11.3 Å². The zero-order valence-electron chi connectivity index (χ0n) is 18.0. The summed E-state index contributed by atoms with van der Waals surface area (Å²) in [6, 6.07) is 10.1. The van der Waals surface area contributed by atoms with Crippen molar-refractivity contribution < 1.29 is 18.0 Å². The van der Waals surface area contributed by atoms with Crippen molar-refractivity contribution in [3.63, 3.8) is 0 Å². The third-order valence-corrected chi connectivity index (χ3v) is 8.25. The quantitative estimate of drug-likeness (QED) is 0.535. The molecule has 1 aromatic carbocycles. The zero-order chi connectivity index (χ0) is 22.4. The topological polar surface area (TPSA) is 78.0 Å². The van der Waals surface area contributed by atoms with Crippen LogP contribution in [0.1, 0.15) is 35.0 Å². The van der Waals surface area contributed by atoms with Gasteiger partial charge in [-0.2, -0.15) is 0 Å². The van der Waals surface area contributed by atoms with Crippen molar-refractivity contribution >= 4 is 33.1 Å². The van der Waals surface area contributed by atoms with Gasteiger partial charge >= 0.3 is 0 Å². The van der Waals surface area contributed by atoms with Crippen LogP contribution in [0.3, 0.4) is 0 Å². The lowest BCUT2D eigenvalue weighted by Crippen LogP contribution is -2.48. The fourth-order valence-electron chi connectivity index (χ4n) is 3.55. The van der Waals surface area contributed by atoms with Crippen molar-refractivity contribution in [3.05, 3.63) is 52.2 Å². The summed E-state index contributed by atoms with van der Waals surface area (Å²) in [5.41, 5.74) is 0.475. The molecule has 1 aliphatic heterocycles. The highest BCUT2D eigenvalue weighted by molar-refractivity contribution is 7.89. The molecule has 1 fully saturated rings. The Kier molecular flexibility index (Phi) is 7.99. The van der Waals surface area contributed by atoms with Crippen LogP contribution in [0, 0.1) is 0 Å². The largest absolute Gasteiger partial charge is 0.340 e. The summed E-state index contributed by atoms with van der Waals surface area (Å²) < 4.78 is 26.7. The highest BCUT2D eigenvalue weighted by Gasteiger charge is 2.23. The van der Waals surface area contributed by atoms with Gasteiger partial charge in [0.15, 0.2) is 5.78 Å². The Morgan fingerprint density at radius 2 is 1.74 bits per heavy atom. The van der Waals surface area contributed by atoms with Crippen molar-refractivity contribution in [1.82, 2.24) is 14.1 Å². The molecule has 2 aromatic rings. The van der Waals surface area contributed by atoms with Crippen LogP contribution >= 0.6 is 11.3 Å². The van der Waals surface area contributed by atoms with Gasteiger partial charge in [-0.1, -0.05) is 18.2 Å². The average Bonchev–Trinajstić information content (AvgIpc) is 3.27. The third-order valence-electron chi connectivity index (χ3n) is 5.52. The van der Waals surface area contributed by atoms with Crippen LogP contribution in [0.25, 0.3) is 0 Å². The smallest absolute Gasteiger partial charge is 0.242 e. The monoisotopic (exact) mass is 463 g/mol. The molecule has 0 saturated carbocycles. The van der Waals surface area contributed by atoms with Gasteiger partial charge in [-0.05, 0) is 36.9 Å². The molecule has 0 N–H and O–H groups in total. The standard InChI is InChI=1S/C22H29N3O4S2/c1-18(26)19-7-9-21(10-8-19)31(28,29)23(2)11-3-6-22(27)25-14-12-24(13-15-25)17-20-5-4-16-30-20/h4-5,7-10,16H,3,6,11-15,17H2,1-2H3. The minimum atomic E-state index is -3.65. The molecule has 0 bridgehead atoms. The molecule has 0 unspecified atom stereocenters.